The molecule has 0 atom stereocenters. The van der Waals surface area contributed by atoms with Gasteiger partial charge in [0.25, 0.3) is 5.92 Å². The van der Waals surface area contributed by atoms with Crippen molar-refractivity contribution in [2.75, 3.05) is 6.61 Å². The van der Waals surface area contributed by atoms with Crippen LogP contribution in [0, 0.1) is 0 Å². The van der Waals surface area contributed by atoms with Crippen LogP contribution >= 0.6 is 0 Å². The third-order valence-electron chi connectivity index (χ3n) is 2.11. The fraction of sp³-hybridized carbons (Fsp3) is 0.417. The molecule has 3 nitrogen and oxygen atoms in total. The monoisotopic (exact) mass is 244 g/mol. The van der Waals surface area contributed by atoms with E-state index in [9.17, 15) is 13.6 Å². The topological polar surface area (TPSA) is 46.5 Å². The maximum absolute atomic E-state index is 13.2. The van der Waals surface area contributed by atoms with Crippen LogP contribution in [0.4, 0.5) is 8.78 Å². The zero-order valence-electron chi connectivity index (χ0n) is 9.45. The first-order valence-electron chi connectivity index (χ1n) is 5.24. The van der Waals surface area contributed by atoms with E-state index >= 15 is 0 Å². The molecule has 0 aliphatic carbocycles. The average Bonchev–Trinajstić information content (AvgIpc) is 2.18. The van der Waals surface area contributed by atoms with Gasteiger partial charge in [0.1, 0.15) is 12.2 Å². The van der Waals surface area contributed by atoms with Crippen LogP contribution in [0.2, 0.25) is 0 Å². The minimum Gasteiger partial charge on any atom is -0.494 e. The van der Waals surface area contributed by atoms with Gasteiger partial charge < -0.3 is 9.84 Å². The Bertz CT molecular complexity index is 374. The Morgan fingerprint density at radius 3 is 2.41 bits per heavy atom. The van der Waals surface area contributed by atoms with E-state index in [2.05, 4.69) is 0 Å². The summed E-state index contributed by atoms with van der Waals surface area (Å²) in [6.07, 6.45) is -1.73. The molecule has 0 heterocycles. The molecule has 0 bridgehead atoms. The lowest BCUT2D eigenvalue weighted by atomic mass is 10.0. The number of carbonyl (C=O) groups is 1. The molecule has 1 N–H and O–H groups in total. The first kappa shape index (κ1) is 13.4. The number of alkyl halides is 2. The lowest BCUT2D eigenvalue weighted by Gasteiger charge is -2.14. The van der Waals surface area contributed by atoms with E-state index < -0.39 is 24.7 Å². The van der Waals surface area contributed by atoms with Gasteiger partial charge in [0, 0.05) is 6.42 Å². The summed E-state index contributed by atoms with van der Waals surface area (Å²) in [5.74, 6) is -4.11. The van der Waals surface area contributed by atoms with Crippen molar-refractivity contribution < 1.29 is 23.4 Å². The maximum atomic E-state index is 13.2. The molecule has 17 heavy (non-hydrogen) atoms. The number of hydrogen-bond acceptors (Lipinski definition) is 2. The van der Waals surface area contributed by atoms with Crippen molar-refractivity contribution in [2.24, 2.45) is 0 Å². The SMILES string of the molecule is CCOc1ccc(CC(F)(F)CC(=O)O)cc1. The van der Waals surface area contributed by atoms with Crippen molar-refractivity contribution >= 4 is 5.97 Å². The highest BCUT2D eigenvalue weighted by Gasteiger charge is 2.32. The van der Waals surface area contributed by atoms with Gasteiger partial charge in [-0.1, -0.05) is 12.1 Å². The Balaban J connectivity index is 2.65. The molecular weight excluding hydrogens is 230 g/mol. The number of carboxylic acid groups (broad SMARTS) is 1. The summed E-state index contributed by atoms with van der Waals surface area (Å²) < 4.78 is 31.6. The van der Waals surface area contributed by atoms with Crippen LogP contribution in [0.25, 0.3) is 0 Å². The molecule has 94 valence electrons. The van der Waals surface area contributed by atoms with E-state index in [1.807, 2.05) is 6.92 Å². The molecule has 0 fully saturated rings. The van der Waals surface area contributed by atoms with Crippen LogP contribution < -0.4 is 4.74 Å². The normalized spacial score (nSPS) is 11.2. The van der Waals surface area contributed by atoms with E-state index in [1.54, 1.807) is 12.1 Å². The zero-order valence-corrected chi connectivity index (χ0v) is 9.45. The molecule has 0 unspecified atom stereocenters. The van der Waals surface area contributed by atoms with Crippen LogP contribution in [0.5, 0.6) is 5.75 Å². The summed E-state index contributed by atoms with van der Waals surface area (Å²) in [7, 11) is 0. The molecule has 1 aromatic carbocycles. The molecule has 0 aliphatic rings. The molecule has 1 rings (SSSR count). The van der Waals surface area contributed by atoms with E-state index in [0.29, 0.717) is 17.9 Å². The molecule has 1 aromatic rings. The van der Waals surface area contributed by atoms with Crippen molar-refractivity contribution in [2.45, 2.75) is 25.7 Å². The summed E-state index contributed by atoms with van der Waals surface area (Å²) in [5, 5.41) is 8.34. The van der Waals surface area contributed by atoms with Crippen molar-refractivity contribution in [1.29, 1.82) is 0 Å². The van der Waals surface area contributed by atoms with Gasteiger partial charge in [0.05, 0.1) is 6.61 Å². The molecular formula is C12H14F2O3. The van der Waals surface area contributed by atoms with Gasteiger partial charge in [-0.2, -0.15) is 0 Å². The van der Waals surface area contributed by atoms with Crippen LogP contribution in [0.1, 0.15) is 18.9 Å². The largest absolute Gasteiger partial charge is 0.494 e. The van der Waals surface area contributed by atoms with Gasteiger partial charge in [-0.3, -0.25) is 4.79 Å². The smallest absolute Gasteiger partial charge is 0.309 e. The second-order valence-electron chi connectivity index (χ2n) is 3.68. The number of aliphatic carboxylic acids is 1. The average molecular weight is 244 g/mol. The molecule has 0 radical (unpaired) electrons. The van der Waals surface area contributed by atoms with Crippen molar-refractivity contribution in [3.63, 3.8) is 0 Å². The van der Waals surface area contributed by atoms with Gasteiger partial charge in [-0.25, -0.2) is 8.78 Å². The molecule has 0 amide bonds. The minimum atomic E-state index is -3.22. The van der Waals surface area contributed by atoms with Gasteiger partial charge in [0.2, 0.25) is 0 Å². The summed E-state index contributed by atoms with van der Waals surface area (Å²) in [4.78, 5) is 10.2. The number of carboxylic acids is 1. The Morgan fingerprint density at radius 2 is 1.94 bits per heavy atom. The summed E-state index contributed by atoms with van der Waals surface area (Å²) in [6.45, 7) is 2.34. The molecule has 0 spiro atoms. The number of benzene rings is 1. The van der Waals surface area contributed by atoms with Gasteiger partial charge in [0.15, 0.2) is 0 Å². The Kier molecular flexibility index (Phi) is 4.43. The molecule has 0 aliphatic heterocycles. The van der Waals surface area contributed by atoms with E-state index in [4.69, 9.17) is 9.84 Å². The first-order chi connectivity index (χ1) is 7.93. The molecule has 5 heteroatoms. The van der Waals surface area contributed by atoms with Crippen LogP contribution in [-0.2, 0) is 11.2 Å². The Morgan fingerprint density at radius 1 is 1.35 bits per heavy atom. The summed E-state index contributed by atoms with van der Waals surface area (Å²) >= 11 is 0. The van der Waals surface area contributed by atoms with Crippen molar-refractivity contribution in [1.82, 2.24) is 0 Å². The number of rotatable bonds is 6. The fourth-order valence-corrected chi connectivity index (χ4v) is 1.45. The third-order valence-corrected chi connectivity index (χ3v) is 2.11. The summed E-state index contributed by atoms with van der Waals surface area (Å²) in [6, 6.07) is 6.22. The van der Waals surface area contributed by atoms with Crippen LogP contribution in [0.15, 0.2) is 24.3 Å². The highest BCUT2D eigenvalue weighted by atomic mass is 19.3. The Hall–Kier alpha value is -1.65. The minimum absolute atomic E-state index is 0.389. The van der Waals surface area contributed by atoms with Gasteiger partial charge >= 0.3 is 5.97 Å². The van der Waals surface area contributed by atoms with Crippen molar-refractivity contribution in [3.05, 3.63) is 29.8 Å². The molecule has 0 aromatic heterocycles. The third kappa shape index (κ3) is 4.80. The van der Waals surface area contributed by atoms with Crippen LogP contribution in [0.3, 0.4) is 0 Å². The second-order valence-corrected chi connectivity index (χ2v) is 3.68. The first-order valence-corrected chi connectivity index (χ1v) is 5.24. The summed E-state index contributed by atoms with van der Waals surface area (Å²) in [5.41, 5.74) is 0.389. The lowest BCUT2D eigenvalue weighted by Crippen LogP contribution is -2.23. The highest BCUT2D eigenvalue weighted by Crippen LogP contribution is 2.25. The molecule has 0 saturated heterocycles. The van der Waals surface area contributed by atoms with Crippen LogP contribution in [-0.4, -0.2) is 23.6 Å². The predicted molar refractivity (Wildman–Crippen MR) is 58.5 cm³/mol. The molecule has 0 saturated carbocycles. The number of hydrogen-bond donors (Lipinski definition) is 1. The predicted octanol–water partition coefficient (Wildman–Crippen LogP) is 2.74. The Labute approximate surface area is 98.0 Å². The van der Waals surface area contributed by atoms with Crippen molar-refractivity contribution in [3.8, 4) is 5.75 Å². The lowest BCUT2D eigenvalue weighted by molar-refractivity contribution is -0.144. The van der Waals surface area contributed by atoms with E-state index in [0.717, 1.165) is 0 Å². The highest BCUT2D eigenvalue weighted by molar-refractivity contribution is 5.67. The quantitative estimate of drug-likeness (QED) is 0.836. The van der Waals surface area contributed by atoms with Gasteiger partial charge in [-0.15, -0.1) is 0 Å². The maximum Gasteiger partial charge on any atom is 0.309 e. The standard InChI is InChI=1S/C12H14F2O3/c1-2-17-10-5-3-9(4-6-10)7-12(13,14)8-11(15)16/h3-6H,2,7-8H2,1H3,(H,15,16). The zero-order chi connectivity index (χ0) is 12.9. The number of ether oxygens (including phenoxy) is 1. The second kappa shape index (κ2) is 5.61. The fourth-order valence-electron chi connectivity index (χ4n) is 1.45. The van der Waals surface area contributed by atoms with E-state index in [-0.39, 0.29) is 0 Å². The number of halogens is 2. The van der Waals surface area contributed by atoms with E-state index in [1.165, 1.54) is 12.1 Å². The van der Waals surface area contributed by atoms with Gasteiger partial charge in [-0.05, 0) is 24.6 Å².